The van der Waals surface area contributed by atoms with Crippen molar-refractivity contribution in [3.05, 3.63) is 87.2 Å². The molecule has 1 N–H and O–H groups in total. The number of hydrogen-bond donors (Lipinski definition) is 1. The zero-order valence-corrected chi connectivity index (χ0v) is 18.9. The number of aromatic amines is 1. The summed E-state index contributed by atoms with van der Waals surface area (Å²) in [5.41, 5.74) is 2.98. The van der Waals surface area contributed by atoms with Gasteiger partial charge in [-0.2, -0.15) is 0 Å². The van der Waals surface area contributed by atoms with Gasteiger partial charge in [-0.1, -0.05) is 53.2 Å². The highest BCUT2D eigenvalue weighted by atomic mass is 19.1. The lowest BCUT2D eigenvalue weighted by atomic mass is 9.95. The number of carbonyl (C=O) groups is 1. The van der Waals surface area contributed by atoms with E-state index in [0.29, 0.717) is 49.5 Å². The van der Waals surface area contributed by atoms with E-state index >= 15 is 0 Å². The van der Waals surface area contributed by atoms with Crippen molar-refractivity contribution in [3.8, 4) is 0 Å². The van der Waals surface area contributed by atoms with Gasteiger partial charge in [-0.25, -0.2) is 14.1 Å². The molecule has 8 nitrogen and oxygen atoms in total. The van der Waals surface area contributed by atoms with Gasteiger partial charge >= 0.3 is 0 Å². The Kier molecular flexibility index (Phi) is 5.91. The van der Waals surface area contributed by atoms with E-state index in [4.69, 9.17) is 4.98 Å². The van der Waals surface area contributed by atoms with Crippen LogP contribution in [0.25, 0.3) is 11.2 Å². The predicted molar refractivity (Wildman–Crippen MR) is 125 cm³/mol. The molecule has 0 radical (unpaired) electrons. The van der Waals surface area contributed by atoms with Gasteiger partial charge in [0.2, 0.25) is 5.91 Å². The maximum atomic E-state index is 13.9. The Morgan fingerprint density at radius 2 is 1.85 bits per heavy atom. The van der Waals surface area contributed by atoms with Gasteiger partial charge in [0.05, 0.1) is 13.0 Å². The number of piperidine rings is 1. The predicted octanol–water partition coefficient (Wildman–Crippen LogP) is 2.96. The number of rotatable bonds is 5. The van der Waals surface area contributed by atoms with Crippen LogP contribution in [0.3, 0.4) is 0 Å². The molecule has 2 aromatic heterocycles. The zero-order valence-electron chi connectivity index (χ0n) is 18.9. The van der Waals surface area contributed by atoms with E-state index < -0.39 is 0 Å². The molecule has 3 heterocycles. The molecule has 1 fully saturated rings. The Labute approximate surface area is 195 Å². The van der Waals surface area contributed by atoms with Gasteiger partial charge in [0.25, 0.3) is 5.56 Å². The fourth-order valence-electron chi connectivity index (χ4n) is 4.37. The average Bonchev–Trinajstić information content (AvgIpc) is 3.25. The number of aryl methyl sites for hydroxylation is 1. The first-order valence-corrected chi connectivity index (χ1v) is 11.4. The van der Waals surface area contributed by atoms with Crippen LogP contribution in [0.15, 0.2) is 53.3 Å². The minimum absolute atomic E-state index is 0.0114. The molecule has 2 aromatic carbocycles. The summed E-state index contributed by atoms with van der Waals surface area (Å²) in [5, 5.41) is 8.17. The quantitative estimate of drug-likeness (QED) is 0.494. The van der Waals surface area contributed by atoms with Gasteiger partial charge in [-0.3, -0.25) is 9.59 Å². The number of nitrogens with zero attached hydrogens (tertiary/aromatic N) is 5. The Morgan fingerprint density at radius 3 is 2.59 bits per heavy atom. The third-order valence-electron chi connectivity index (χ3n) is 6.38. The molecule has 1 amide bonds. The number of aromatic nitrogens is 5. The van der Waals surface area contributed by atoms with Crippen LogP contribution in [0.5, 0.6) is 0 Å². The highest BCUT2D eigenvalue weighted by Gasteiger charge is 2.27. The lowest BCUT2D eigenvalue weighted by molar-refractivity contribution is -0.131. The van der Waals surface area contributed by atoms with Crippen LogP contribution in [-0.4, -0.2) is 48.9 Å². The van der Waals surface area contributed by atoms with E-state index in [1.54, 1.807) is 27.8 Å². The maximum Gasteiger partial charge on any atom is 0.281 e. The number of carbonyl (C=O) groups excluding carboxylic acids is 1. The molecule has 5 rings (SSSR count). The summed E-state index contributed by atoms with van der Waals surface area (Å²) in [5.74, 6) is 0.140. The number of fused-ring (bicyclic) bond motifs is 1. The number of hydrogen-bond acceptors (Lipinski definition) is 5. The number of halogens is 1. The molecule has 0 spiro atoms. The molecular formula is C25H25FN6O2. The first kappa shape index (κ1) is 21.9. The summed E-state index contributed by atoms with van der Waals surface area (Å²) in [6.45, 7) is 3.55. The van der Waals surface area contributed by atoms with Gasteiger partial charge in [0, 0.05) is 19.0 Å². The van der Waals surface area contributed by atoms with Crippen molar-refractivity contribution in [2.75, 3.05) is 13.1 Å². The van der Waals surface area contributed by atoms with Crippen LogP contribution in [0.1, 0.15) is 41.3 Å². The normalized spacial score (nSPS) is 14.6. The number of amides is 1. The summed E-state index contributed by atoms with van der Waals surface area (Å²) >= 11 is 0. The minimum atomic E-state index is -0.364. The molecular weight excluding hydrogens is 435 g/mol. The largest absolute Gasteiger partial charge is 0.342 e. The van der Waals surface area contributed by atoms with Crippen LogP contribution < -0.4 is 5.56 Å². The molecule has 34 heavy (non-hydrogen) atoms. The Balaban J connectivity index is 1.30. The number of H-pyrrole nitrogens is 1. The highest BCUT2D eigenvalue weighted by Crippen LogP contribution is 2.26. The summed E-state index contributed by atoms with van der Waals surface area (Å²) in [4.78, 5) is 34.6. The van der Waals surface area contributed by atoms with E-state index in [1.807, 2.05) is 31.2 Å². The summed E-state index contributed by atoms with van der Waals surface area (Å²) in [6.07, 6.45) is 1.37. The Morgan fingerprint density at radius 1 is 1.12 bits per heavy atom. The van der Waals surface area contributed by atoms with Crippen molar-refractivity contribution in [1.29, 1.82) is 0 Å². The number of likely N-dealkylation sites (tertiary alicyclic amines) is 1. The van der Waals surface area contributed by atoms with Crippen LogP contribution in [0.4, 0.5) is 4.39 Å². The minimum Gasteiger partial charge on any atom is -0.342 e. The standard InChI is InChI=1S/C25H25FN6O2/c1-16-6-8-17(9-7-16)15-32-24-22(29-30-32)25(34)28-23(27-24)18-10-12-31(13-11-18)21(33)14-19-4-2-3-5-20(19)26/h2-9,18H,10-15H2,1H3,(H,27,28,34). The van der Waals surface area contributed by atoms with E-state index in [1.165, 1.54) is 11.6 Å². The molecule has 1 aliphatic heterocycles. The van der Waals surface area contributed by atoms with Crippen molar-refractivity contribution in [1.82, 2.24) is 29.9 Å². The SMILES string of the molecule is Cc1ccc(Cn2nnc3c(=O)[nH]c(C4CCN(C(=O)Cc5ccccc5F)CC4)nc32)cc1. The van der Waals surface area contributed by atoms with Crippen molar-refractivity contribution >= 4 is 17.1 Å². The number of nitrogens with one attached hydrogen (secondary N) is 1. The lowest BCUT2D eigenvalue weighted by Gasteiger charge is -2.31. The average molecular weight is 461 g/mol. The Hall–Kier alpha value is -3.88. The fraction of sp³-hybridized carbons (Fsp3) is 0.320. The molecule has 0 saturated carbocycles. The first-order chi connectivity index (χ1) is 16.5. The van der Waals surface area contributed by atoms with Gasteiger partial charge in [0.15, 0.2) is 11.2 Å². The highest BCUT2D eigenvalue weighted by molar-refractivity contribution is 5.79. The van der Waals surface area contributed by atoms with Gasteiger partial charge in [-0.05, 0) is 37.0 Å². The molecule has 0 aliphatic carbocycles. The van der Waals surface area contributed by atoms with Crippen LogP contribution in [0.2, 0.25) is 0 Å². The molecule has 0 atom stereocenters. The Bertz CT molecular complexity index is 1390. The summed E-state index contributed by atoms with van der Waals surface area (Å²) in [6, 6.07) is 14.4. The van der Waals surface area contributed by atoms with E-state index in [2.05, 4.69) is 15.3 Å². The molecule has 9 heteroatoms. The smallest absolute Gasteiger partial charge is 0.281 e. The summed E-state index contributed by atoms with van der Waals surface area (Å²) in [7, 11) is 0. The van der Waals surface area contributed by atoms with Crippen LogP contribution in [-0.2, 0) is 17.8 Å². The van der Waals surface area contributed by atoms with Crippen molar-refractivity contribution in [2.45, 2.75) is 38.6 Å². The molecule has 0 bridgehead atoms. The van der Waals surface area contributed by atoms with E-state index in [0.717, 1.165) is 5.56 Å². The van der Waals surface area contributed by atoms with Crippen LogP contribution in [0, 0.1) is 12.7 Å². The fourth-order valence-corrected chi connectivity index (χ4v) is 4.37. The van der Waals surface area contributed by atoms with Crippen molar-refractivity contribution in [3.63, 3.8) is 0 Å². The summed E-state index contributed by atoms with van der Waals surface area (Å²) < 4.78 is 15.5. The maximum absolute atomic E-state index is 13.9. The molecule has 4 aromatic rings. The molecule has 1 saturated heterocycles. The second-order valence-electron chi connectivity index (χ2n) is 8.78. The van der Waals surface area contributed by atoms with Crippen molar-refractivity contribution in [2.24, 2.45) is 0 Å². The van der Waals surface area contributed by atoms with E-state index in [9.17, 15) is 14.0 Å². The van der Waals surface area contributed by atoms with Crippen LogP contribution >= 0.6 is 0 Å². The van der Waals surface area contributed by atoms with Gasteiger partial charge in [0.1, 0.15) is 11.6 Å². The second kappa shape index (κ2) is 9.17. The van der Waals surface area contributed by atoms with Crippen molar-refractivity contribution < 1.29 is 9.18 Å². The zero-order chi connectivity index (χ0) is 23.7. The molecule has 1 aliphatic rings. The monoisotopic (exact) mass is 460 g/mol. The lowest BCUT2D eigenvalue weighted by Crippen LogP contribution is -2.39. The third-order valence-corrected chi connectivity index (χ3v) is 6.38. The van der Waals surface area contributed by atoms with Gasteiger partial charge in [-0.15, -0.1) is 5.10 Å². The molecule has 0 unspecified atom stereocenters. The second-order valence-corrected chi connectivity index (χ2v) is 8.78. The van der Waals surface area contributed by atoms with E-state index in [-0.39, 0.29) is 35.1 Å². The van der Waals surface area contributed by atoms with Gasteiger partial charge < -0.3 is 9.88 Å². The molecule has 174 valence electrons. The third kappa shape index (κ3) is 4.46. The number of benzene rings is 2. The topological polar surface area (TPSA) is 96.8 Å². The first-order valence-electron chi connectivity index (χ1n) is 11.4.